The third-order valence-corrected chi connectivity index (χ3v) is 7.06. The standard InChI is InChI=1S/C27H25Cl2N7O3/c1-5-22(27(38)30-17-7-8-21-18(11-17)15(2)34(3)32-21)35-13-24(39-4)20(12-26(35)37)19-10-16(28)6-9-23(19)36-14-25(29)31-33-36/h6-14,22H,5H2,1-4H3,(H,30,38). The van der Waals surface area contributed by atoms with Gasteiger partial charge in [-0.3, -0.25) is 18.8 Å². The third-order valence-electron chi connectivity index (χ3n) is 6.65. The van der Waals surface area contributed by atoms with E-state index in [9.17, 15) is 9.59 Å². The molecule has 0 radical (unpaired) electrons. The summed E-state index contributed by atoms with van der Waals surface area (Å²) in [6.07, 6.45) is 3.46. The number of halogens is 2. The Kier molecular flexibility index (Phi) is 7.16. The molecule has 200 valence electrons. The summed E-state index contributed by atoms with van der Waals surface area (Å²) in [6.45, 7) is 3.81. The highest BCUT2D eigenvalue weighted by Crippen LogP contribution is 2.35. The van der Waals surface area contributed by atoms with Gasteiger partial charge < -0.3 is 10.1 Å². The maximum Gasteiger partial charge on any atom is 0.252 e. The Bertz CT molecular complexity index is 1770. The highest BCUT2D eigenvalue weighted by molar-refractivity contribution is 6.31. The number of methoxy groups -OCH3 is 1. The second-order valence-electron chi connectivity index (χ2n) is 9.00. The summed E-state index contributed by atoms with van der Waals surface area (Å²) in [7, 11) is 3.37. The van der Waals surface area contributed by atoms with E-state index in [1.165, 1.54) is 22.4 Å². The number of aryl methyl sites for hydroxylation is 2. The fraction of sp³-hybridized carbons (Fsp3) is 0.222. The molecule has 1 N–H and O–H groups in total. The van der Waals surface area contributed by atoms with E-state index in [2.05, 4.69) is 20.7 Å². The van der Waals surface area contributed by atoms with Crippen molar-refractivity contribution < 1.29 is 9.53 Å². The van der Waals surface area contributed by atoms with Crippen LogP contribution in [-0.4, -0.2) is 42.4 Å². The fourth-order valence-electron chi connectivity index (χ4n) is 4.57. The number of carbonyl (C=O) groups excluding carboxylic acids is 1. The first kappa shape index (κ1) is 26.5. The van der Waals surface area contributed by atoms with E-state index in [4.69, 9.17) is 27.9 Å². The van der Waals surface area contributed by atoms with Gasteiger partial charge in [0.25, 0.3) is 5.56 Å². The molecule has 1 unspecified atom stereocenters. The van der Waals surface area contributed by atoms with Crippen molar-refractivity contribution in [2.45, 2.75) is 26.3 Å². The largest absolute Gasteiger partial charge is 0.495 e. The number of fused-ring (bicyclic) bond motifs is 1. The lowest BCUT2D eigenvalue weighted by Crippen LogP contribution is -2.32. The molecule has 0 aliphatic carbocycles. The molecule has 0 saturated heterocycles. The Balaban J connectivity index is 1.52. The highest BCUT2D eigenvalue weighted by atomic mass is 35.5. The summed E-state index contributed by atoms with van der Waals surface area (Å²) in [5.74, 6) is 0.0546. The lowest BCUT2D eigenvalue weighted by Gasteiger charge is -2.21. The van der Waals surface area contributed by atoms with Crippen LogP contribution in [0.2, 0.25) is 10.2 Å². The number of benzene rings is 2. The summed E-state index contributed by atoms with van der Waals surface area (Å²) in [5.41, 5.74) is 3.73. The molecule has 0 saturated carbocycles. The van der Waals surface area contributed by atoms with Gasteiger partial charge in [0, 0.05) is 46.0 Å². The van der Waals surface area contributed by atoms with Crippen LogP contribution < -0.4 is 15.6 Å². The lowest BCUT2D eigenvalue weighted by atomic mass is 10.0. The zero-order valence-corrected chi connectivity index (χ0v) is 23.2. The van der Waals surface area contributed by atoms with Crippen LogP contribution in [-0.2, 0) is 11.8 Å². The van der Waals surface area contributed by atoms with Gasteiger partial charge in [0.15, 0.2) is 5.15 Å². The molecule has 3 heterocycles. The maximum absolute atomic E-state index is 13.4. The van der Waals surface area contributed by atoms with Gasteiger partial charge in [-0.2, -0.15) is 5.10 Å². The molecule has 5 aromatic rings. The minimum absolute atomic E-state index is 0.216. The predicted octanol–water partition coefficient (Wildman–Crippen LogP) is 5.20. The van der Waals surface area contributed by atoms with Crippen molar-refractivity contribution in [1.29, 1.82) is 0 Å². The highest BCUT2D eigenvalue weighted by Gasteiger charge is 2.23. The Hall–Kier alpha value is -4.15. The van der Waals surface area contributed by atoms with E-state index < -0.39 is 6.04 Å². The summed E-state index contributed by atoms with van der Waals surface area (Å²) < 4.78 is 10.3. The molecule has 0 aliphatic rings. The van der Waals surface area contributed by atoms with Crippen LogP contribution in [0.3, 0.4) is 0 Å². The number of hydrogen-bond acceptors (Lipinski definition) is 6. The van der Waals surface area contributed by atoms with Gasteiger partial charge in [-0.05, 0) is 49.7 Å². The van der Waals surface area contributed by atoms with Crippen LogP contribution >= 0.6 is 23.2 Å². The number of rotatable bonds is 7. The van der Waals surface area contributed by atoms with Gasteiger partial charge in [-0.1, -0.05) is 35.3 Å². The SMILES string of the molecule is CCC(C(=O)Nc1ccc2nn(C)c(C)c2c1)n1cc(OC)c(-c2cc(Cl)ccc2-n2cc(Cl)nn2)cc1=O. The van der Waals surface area contributed by atoms with E-state index in [1.54, 1.807) is 41.3 Å². The molecular weight excluding hydrogens is 541 g/mol. The van der Waals surface area contributed by atoms with Crippen molar-refractivity contribution in [3.8, 4) is 22.6 Å². The van der Waals surface area contributed by atoms with Crippen molar-refractivity contribution >= 4 is 45.7 Å². The number of ether oxygens (including phenoxy) is 1. The monoisotopic (exact) mass is 565 g/mol. The average molecular weight is 566 g/mol. The molecule has 0 bridgehead atoms. The first-order valence-corrected chi connectivity index (χ1v) is 12.9. The number of nitrogens with zero attached hydrogens (tertiary/aromatic N) is 6. The average Bonchev–Trinajstić information content (AvgIpc) is 3.47. The van der Waals surface area contributed by atoms with Crippen LogP contribution in [0, 0.1) is 6.92 Å². The number of amides is 1. The minimum Gasteiger partial charge on any atom is -0.495 e. The smallest absolute Gasteiger partial charge is 0.252 e. The van der Waals surface area contributed by atoms with Crippen LogP contribution in [0.5, 0.6) is 5.75 Å². The molecule has 0 fully saturated rings. The Labute approximate surface area is 233 Å². The normalized spacial score (nSPS) is 12.1. The van der Waals surface area contributed by atoms with Crippen LogP contribution in [0.15, 0.2) is 59.7 Å². The van der Waals surface area contributed by atoms with E-state index in [0.29, 0.717) is 39.7 Å². The van der Waals surface area contributed by atoms with Gasteiger partial charge in [0.05, 0.1) is 30.7 Å². The Morgan fingerprint density at radius 2 is 1.90 bits per heavy atom. The van der Waals surface area contributed by atoms with Gasteiger partial charge in [-0.15, -0.1) is 5.10 Å². The zero-order chi connectivity index (χ0) is 27.8. The molecule has 0 aliphatic heterocycles. The van der Waals surface area contributed by atoms with E-state index >= 15 is 0 Å². The number of anilines is 1. The van der Waals surface area contributed by atoms with Gasteiger partial charge >= 0.3 is 0 Å². The van der Waals surface area contributed by atoms with Crippen molar-refractivity contribution in [2.24, 2.45) is 7.05 Å². The van der Waals surface area contributed by atoms with E-state index in [1.807, 2.05) is 33.0 Å². The first-order chi connectivity index (χ1) is 18.7. The third kappa shape index (κ3) is 5.00. The quantitative estimate of drug-likeness (QED) is 0.290. The predicted molar refractivity (Wildman–Crippen MR) is 151 cm³/mol. The van der Waals surface area contributed by atoms with Gasteiger partial charge in [0.1, 0.15) is 11.8 Å². The van der Waals surface area contributed by atoms with Crippen molar-refractivity contribution in [2.75, 3.05) is 12.4 Å². The van der Waals surface area contributed by atoms with E-state index in [0.717, 1.165) is 16.6 Å². The number of nitrogens with one attached hydrogen (secondary N) is 1. The van der Waals surface area contributed by atoms with Crippen molar-refractivity contribution in [3.63, 3.8) is 0 Å². The number of carbonyl (C=O) groups is 1. The fourth-order valence-corrected chi connectivity index (χ4v) is 4.86. The van der Waals surface area contributed by atoms with E-state index in [-0.39, 0.29) is 16.6 Å². The van der Waals surface area contributed by atoms with Crippen LogP contribution in [0.25, 0.3) is 27.7 Å². The molecule has 39 heavy (non-hydrogen) atoms. The van der Waals surface area contributed by atoms with Gasteiger partial charge in [-0.25, -0.2) is 4.68 Å². The molecule has 12 heteroatoms. The van der Waals surface area contributed by atoms with Crippen molar-refractivity contribution in [3.05, 3.63) is 81.1 Å². The molecule has 10 nitrogen and oxygen atoms in total. The molecule has 2 aromatic carbocycles. The topological polar surface area (TPSA) is 109 Å². The number of hydrogen-bond donors (Lipinski definition) is 1. The Morgan fingerprint density at radius 3 is 2.59 bits per heavy atom. The zero-order valence-electron chi connectivity index (χ0n) is 21.6. The van der Waals surface area contributed by atoms with Crippen LogP contribution in [0.1, 0.15) is 25.1 Å². The first-order valence-electron chi connectivity index (χ1n) is 12.1. The molecular formula is C27H25Cl2N7O3. The molecule has 3 aromatic heterocycles. The molecule has 1 atom stereocenters. The second-order valence-corrected chi connectivity index (χ2v) is 9.83. The van der Waals surface area contributed by atoms with Crippen LogP contribution in [0.4, 0.5) is 5.69 Å². The number of aromatic nitrogens is 6. The van der Waals surface area contributed by atoms with Gasteiger partial charge in [0.2, 0.25) is 5.91 Å². The Morgan fingerprint density at radius 1 is 1.10 bits per heavy atom. The molecule has 5 rings (SSSR count). The van der Waals surface area contributed by atoms with Crippen molar-refractivity contribution in [1.82, 2.24) is 29.3 Å². The summed E-state index contributed by atoms with van der Waals surface area (Å²) in [5, 5.41) is 16.9. The molecule has 1 amide bonds. The summed E-state index contributed by atoms with van der Waals surface area (Å²) >= 11 is 12.3. The lowest BCUT2D eigenvalue weighted by molar-refractivity contribution is -0.119. The summed E-state index contributed by atoms with van der Waals surface area (Å²) in [4.78, 5) is 26.8. The number of pyridine rings is 1. The second kappa shape index (κ2) is 10.5. The summed E-state index contributed by atoms with van der Waals surface area (Å²) in [6, 6.07) is 11.3. The molecule has 0 spiro atoms. The maximum atomic E-state index is 13.4. The minimum atomic E-state index is -0.779.